The summed E-state index contributed by atoms with van der Waals surface area (Å²) in [6.45, 7) is 1.57. The van der Waals surface area contributed by atoms with Crippen LogP contribution in [0.3, 0.4) is 0 Å². The molecule has 0 spiro atoms. The van der Waals surface area contributed by atoms with Gasteiger partial charge in [0, 0.05) is 31.9 Å². The van der Waals surface area contributed by atoms with Crippen LogP contribution in [-0.2, 0) is 24.2 Å². The van der Waals surface area contributed by atoms with Gasteiger partial charge in [0.1, 0.15) is 11.6 Å². The summed E-state index contributed by atoms with van der Waals surface area (Å²) in [7, 11) is 0. The first kappa shape index (κ1) is 13.8. The van der Waals surface area contributed by atoms with Crippen molar-refractivity contribution in [2.24, 2.45) is 5.92 Å². The van der Waals surface area contributed by atoms with Gasteiger partial charge < -0.3 is 9.88 Å². The standard InChI is InChI=1S/C16H18FN3O/c17-14-4-2-1-3-13(14)10-16(21)19-11-12-5-7-20-8-6-18-15(20)9-12/h1-4,6,8,12H,5,7,9-11H2,(H,19,21)/t12-/m1/s1. The van der Waals surface area contributed by atoms with Crippen LogP contribution in [0.1, 0.15) is 17.8 Å². The first-order valence-corrected chi connectivity index (χ1v) is 7.22. The van der Waals surface area contributed by atoms with Crippen LogP contribution in [-0.4, -0.2) is 22.0 Å². The minimum Gasteiger partial charge on any atom is -0.356 e. The molecule has 0 saturated heterocycles. The van der Waals surface area contributed by atoms with Gasteiger partial charge in [-0.25, -0.2) is 9.37 Å². The monoisotopic (exact) mass is 287 g/mol. The van der Waals surface area contributed by atoms with Crippen molar-refractivity contribution >= 4 is 5.91 Å². The fourth-order valence-corrected chi connectivity index (χ4v) is 2.73. The van der Waals surface area contributed by atoms with E-state index in [1.165, 1.54) is 6.07 Å². The number of nitrogens with zero attached hydrogens (tertiary/aromatic N) is 2. The van der Waals surface area contributed by atoms with Crippen molar-refractivity contribution in [2.45, 2.75) is 25.8 Å². The SMILES string of the molecule is O=C(Cc1ccccc1F)NC[C@@H]1CCn2ccnc2C1. The fraction of sp³-hybridized carbons (Fsp3) is 0.375. The smallest absolute Gasteiger partial charge is 0.224 e. The Hall–Kier alpha value is -2.17. The first-order chi connectivity index (χ1) is 10.2. The molecular weight excluding hydrogens is 269 g/mol. The van der Waals surface area contributed by atoms with Crippen molar-refractivity contribution in [3.05, 3.63) is 53.9 Å². The third-order valence-corrected chi connectivity index (χ3v) is 3.95. The van der Waals surface area contributed by atoms with Crippen LogP contribution in [0.5, 0.6) is 0 Å². The number of halogens is 1. The second-order valence-electron chi connectivity index (χ2n) is 5.47. The topological polar surface area (TPSA) is 46.9 Å². The molecule has 2 heterocycles. The Bertz CT molecular complexity index is 638. The van der Waals surface area contributed by atoms with Crippen molar-refractivity contribution in [3.8, 4) is 0 Å². The van der Waals surface area contributed by atoms with E-state index in [4.69, 9.17) is 0 Å². The van der Waals surface area contributed by atoms with Crippen molar-refractivity contribution in [1.29, 1.82) is 0 Å². The van der Waals surface area contributed by atoms with E-state index in [9.17, 15) is 9.18 Å². The third-order valence-electron chi connectivity index (χ3n) is 3.95. The molecule has 5 heteroatoms. The van der Waals surface area contributed by atoms with E-state index in [0.29, 0.717) is 18.0 Å². The average Bonchev–Trinajstić information content (AvgIpc) is 2.95. The van der Waals surface area contributed by atoms with Crippen molar-refractivity contribution in [1.82, 2.24) is 14.9 Å². The summed E-state index contributed by atoms with van der Waals surface area (Å²) >= 11 is 0. The van der Waals surface area contributed by atoms with Crippen LogP contribution in [0.25, 0.3) is 0 Å². The van der Waals surface area contributed by atoms with E-state index in [0.717, 1.165) is 25.2 Å². The van der Waals surface area contributed by atoms with Crippen LogP contribution in [0.2, 0.25) is 0 Å². The number of amides is 1. The maximum absolute atomic E-state index is 13.5. The molecule has 0 radical (unpaired) electrons. The summed E-state index contributed by atoms with van der Waals surface area (Å²) in [6.07, 6.45) is 5.81. The summed E-state index contributed by atoms with van der Waals surface area (Å²) < 4.78 is 15.6. The van der Waals surface area contributed by atoms with E-state index >= 15 is 0 Å². The lowest BCUT2D eigenvalue weighted by molar-refractivity contribution is -0.120. The van der Waals surface area contributed by atoms with Gasteiger partial charge >= 0.3 is 0 Å². The van der Waals surface area contributed by atoms with Crippen LogP contribution < -0.4 is 5.32 Å². The van der Waals surface area contributed by atoms with Gasteiger partial charge in [0.05, 0.1) is 6.42 Å². The molecule has 0 saturated carbocycles. The van der Waals surface area contributed by atoms with Crippen molar-refractivity contribution < 1.29 is 9.18 Å². The molecule has 2 aromatic rings. The number of fused-ring (bicyclic) bond motifs is 1. The van der Waals surface area contributed by atoms with E-state index in [1.807, 2.05) is 12.4 Å². The number of aryl methyl sites for hydroxylation is 1. The molecule has 1 aliphatic heterocycles. The Morgan fingerprint density at radius 1 is 1.43 bits per heavy atom. The maximum Gasteiger partial charge on any atom is 0.224 e. The fourth-order valence-electron chi connectivity index (χ4n) is 2.73. The molecule has 1 N–H and O–H groups in total. The molecule has 1 amide bonds. The van der Waals surface area contributed by atoms with Crippen molar-refractivity contribution in [2.75, 3.05) is 6.54 Å². The predicted octanol–water partition coefficient (Wildman–Crippen LogP) is 1.94. The highest BCUT2D eigenvalue weighted by Gasteiger charge is 2.19. The zero-order valence-electron chi connectivity index (χ0n) is 11.8. The highest BCUT2D eigenvalue weighted by molar-refractivity contribution is 5.78. The minimum atomic E-state index is -0.327. The highest BCUT2D eigenvalue weighted by atomic mass is 19.1. The lowest BCUT2D eigenvalue weighted by Crippen LogP contribution is -2.34. The molecule has 3 rings (SSSR count). The molecule has 1 aliphatic rings. The van der Waals surface area contributed by atoms with Gasteiger partial charge in [0.25, 0.3) is 0 Å². The Morgan fingerprint density at radius 3 is 3.14 bits per heavy atom. The molecule has 21 heavy (non-hydrogen) atoms. The van der Waals surface area contributed by atoms with Crippen LogP contribution in [0.15, 0.2) is 36.7 Å². The summed E-state index contributed by atoms with van der Waals surface area (Å²) in [5.41, 5.74) is 0.439. The van der Waals surface area contributed by atoms with Gasteiger partial charge in [-0.1, -0.05) is 18.2 Å². The molecule has 110 valence electrons. The van der Waals surface area contributed by atoms with Crippen molar-refractivity contribution in [3.63, 3.8) is 0 Å². The van der Waals surface area contributed by atoms with E-state index in [2.05, 4.69) is 14.9 Å². The Morgan fingerprint density at radius 2 is 2.29 bits per heavy atom. The number of carbonyl (C=O) groups is 1. The van der Waals surface area contributed by atoms with Crippen LogP contribution >= 0.6 is 0 Å². The lowest BCUT2D eigenvalue weighted by Gasteiger charge is -2.23. The zero-order valence-corrected chi connectivity index (χ0v) is 11.8. The second-order valence-corrected chi connectivity index (χ2v) is 5.47. The van der Waals surface area contributed by atoms with E-state index in [-0.39, 0.29) is 18.1 Å². The molecule has 0 unspecified atom stereocenters. The number of hydrogen-bond donors (Lipinski definition) is 1. The number of nitrogens with one attached hydrogen (secondary N) is 1. The normalized spacial score (nSPS) is 17.3. The summed E-state index contributed by atoms with van der Waals surface area (Å²) in [5, 5.41) is 2.91. The average molecular weight is 287 g/mol. The highest BCUT2D eigenvalue weighted by Crippen LogP contribution is 2.18. The largest absolute Gasteiger partial charge is 0.356 e. The van der Waals surface area contributed by atoms with Crippen LogP contribution in [0, 0.1) is 11.7 Å². The number of rotatable bonds is 4. The molecule has 1 aromatic heterocycles. The molecule has 1 aromatic carbocycles. The second kappa shape index (κ2) is 6.08. The van der Waals surface area contributed by atoms with Gasteiger partial charge in [-0.3, -0.25) is 4.79 Å². The van der Waals surface area contributed by atoms with Gasteiger partial charge in [-0.05, 0) is 24.0 Å². The third kappa shape index (κ3) is 3.29. The maximum atomic E-state index is 13.5. The molecular formula is C16H18FN3O. The zero-order chi connectivity index (χ0) is 14.7. The lowest BCUT2D eigenvalue weighted by atomic mass is 9.97. The number of benzene rings is 1. The summed E-state index contributed by atoms with van der Waals surface area (Å²) in [4.78, 5) is 16.2. The minimum absolute atomic E-state index is 0.0913. The Balaban J connectivity index is 1.50. The molecule has 4 nitrogen and oxygen atoms in total. The van der Waals surface area contributed by atoms with E-state index in [1.54, 1.807) is 18.2 Å². The number of aromatic nitrogens is 2. The number of imidazole rings is 1. The van der Waals surface area contributed by atoms with Crippen LogP contribution in [0.4, 0.5) is 4.39 Å². The predicted molar refractivity (Wildman–Crippen MR) is 77.2 cm³/mol. The molecule has 1 atom stereocenters. The van der Waals surface area contributed by atoms with E-state index < -0.39 is 0 Å². The number of hydrogen-bond acceptors (Lipinski definition) is 2. The van der Waals surface area contributed by atoms with Gasteiger partial charge in [0.2, 0.25) is 5.91 Å². The summed E-state index contributed by atoms with van der Waals surface area (Å²) in [5.74, 6) is 1.03. The quantitative estimate of drug-likeness (QED) is 0.934. The number of carbonyl (C=O) groups excluding carboxylic acids is 1. The Labute approximate surface area is 123 Å². The molecule has 0 bridgehead atoms. The van der Waals surface area contributed by atoms with Gasteiger partial charge in [-0.2, -0.15) is 0 Å². The first-order valence-electron chi connectivity index (χ1n) is 7.22. The molecule has 0 aliphatic carbocycles. The Kier molecular flexibility index (Phi) is 3.99. The van der Waals surface area contributed by atoms with Gasteiger partial charge in [0.15, 0.2) is 0 Å². The summed E-state index contributed by atoms with van der Waals surface area (Å²) in [6, 6.07) is 6.39. The van der Waals surface area contributed by atoms with Gasteiger partial charge in [-0.15, -0.1) is 0 Å². The molecule has 0 fully saturated rings.